The fraction of sp³-hybridized carbons (Fsp3) is 0.348. The largest absolute Gasteiger partial charge is 0.475 e. The monoisotopic (exact) mass is 407 g/mol. The van der Waals surface area contributed by atoms with Crippen LogP contribution in [0.2, 0.25) is 0 Å². The molecule has 4 heterocycles. The second-order valence-electron chi connectivity index (χ2n) is 7.48. The van der Waals surface area contributed by atoms with Gasteiger partial charge in [-0.05, 0) is 36.2 Å². The maximum Gasteiger partial charge on any atom is 0.217 e. The molecule has 1 saturated heterocycles. The van der Waals surface area contributed by atoms with Gasteiger partial charge in [0, 0.05) is 23.9 Å². The van der Waals surface area contributed by atoms with Crippen LogP contribution in [0.25, 0.3) is 5.70 Å². The Morgan fingerprint density at radius 3 is 3.07 bits per heavy atom. The van der Waals surface area contributed by atoms with Crippen molar-refractivity contribution in [2.24, 2.45) is 4.99 Å². The number of rotatable bonds is 5. The quantitative estimate of drug-likeness (QED) is 0.819. The molecular weight excluding hydrogens is 382 g/mol. The lowest BCUT2D eigenvalue weighted by Gasteiger charge is -2.35. The van der Waals surface area contributed by atoms with Gasteiger partial charge in [0.15, 0.2) is 0 Å². The van der Waals surface area contributed by atoms with E-state index in [1.807, 2.05) is 18.2 Å². The zero-order chi connectivity index (χ0) is 20.3. The number of benzene rings is 1. The van der Waals surface area contributed by atoms with E-state index in [4.69, 9.17) is 18.6 Å². The van der Waals surface area contributed by atoms with Gasteiger partial charge in [-0.2, -0.15) is 4.99 Å². The number of hydrogen-bond acceptors (Lipinski definition) is 7. The second kappa shape index (κ2) is 8.38. The van der Waals surface area contributed by atoms with Crippen LogP contribution in [0.3, 0.4) is 0 Å². The Morgan fingerprint density at radius 1 is 1.27 bits per heavy atom. The van der Waals surface area contributed by atoms with Gasteiger partial charge in [0.1, 0.15) is 24.3 Å². The molecule has 1 aromatic heterocycles. The Labute approximate surface area is 175 Å². The molecule has 0 aliphatic carbocycles. The summed E-state index contributed by atoms with van der Waals surface area (Å²) in [6, 6.07) is 10.3. The van der Waals surface area contributed by atoms with Crippen LogP contribution in [-0.4, -0.2) is 49.9 Å². The predicted octanol–water partition coefficient (Wildman–Crippen LogP) is 3.41. The summed E-state index contributed by atoms with van der Waals surface area (Å²) < 4.78 is 22.4. The van der Waals surface area contributed by atoms with Crippen LogP contribution in [0.1, 0.15) is 16.9 Å². The third-order valence-electron chi connectivity index (χ3n) is 5.44. The third-order valence-corrected chi connectivity index (χ3v) is 5.44. The number of anilines is 1. The van der Waals surface area contributed by atoms with Crippen LogP contribution in [0, 0.1) is 0 Å². The number of aliphatic imine (C=N–C) groups is 1. The summed E-state index contributed by atoms with van der Waals surface area (Å²) in [6.45, 7) is 7.84. The Kier molecular flexibility index (Phi) is 5.29. The van der Waals surface area contributed by atoms with Crippen LogP contribution in [0.15, 0.2) is 64.5 Å². The molecule has 0 radical (unpaired) electrons. The van der Waals surface area contributed by atoms with E-state index in [9.17, 15) is 0 Å². The summed E-state index contributed by atoms with van der Waals surface area (Å²) in [5.74, 6) is 2.18. The fourth-order valence-corrected chi connectivity index (χ4v) is 3.91. The highest BCUT2D eigenvalue weighted by Gasteiger charge is 2.27. The molecule has 0 saturated carbocycles. The van der Waals surface area contributed by atoms with Gasteiger partial charge >= 0.3 is 0 Å². The van der Waals surface area contributed by atoms with Gasteiger partial charge in [0.2, 0.25) is 5.90 Å². The molecule has 3 aliphatic heterocycles. The van der Waals surface area contributed by atoms with Crippen molar-refractivity contribution in [1.29, 1.82) is 0 Å². The zero-order valence-corrected chi connectivity index (χ0v) is 16.8. The maximum atomic E-state index is 5.92. The normalized spacial score (nSPS) is 20.7. The molecule has 1 unspecified atom stereocenters. The Morgan fingerprint density at radius 2 is 2.23 bits per heavy atom. The number of furan rings is 1. The van der Waals surface area contributed by atoms with Gasteiger partial charge in [-0.1, -0.05) is 12.6 Å². The van der Waals surface area contributed by atoms with Gasteiger partial charge < -0.3 is 28.8 Å². The molecule has 2 aromatic rings. The summed E-state index contributed by atoms with van der Waals surface area (Å²) >= 11 is 0. The predicted molar refractivity (Wildman–Crippen MR) is 114 cm³/mol. The lowest BCUT2D eigenvalue weighted by Crippen LogP contribution is -2.35. The first-order valence-electron chi connectivity index (χ1n) is 10.2. The lowest BCUT2D eigenvalue weighted by molar-refractivity contribution is -0.103. The molecule has 30 heavy (non-hydrogen) atoms. The van der Waals surface area contributed by atoms with E-state index in [0.717, 1.165) is 30.1 Å². The van der Waals surface area contributed by atoms with Crippen molar-refractivity contribution in [1.82, 2.24) is 4.90 Å². The second-order valence-corrected chi connectivity index (χ2v) is 7.48. The van der Waals surface area contributed by atoms with Crippen LogP contribution in [-0.2, 0) is 27.2 Å². The summed E-state index contributed by atoms with van der Waals surface area (Å²) in [5, 5.41) is 3.42. The molecule has 7 heteroatoms. The average Bonchev–Trinajstić information content (AvgIpc) is 3.30. The minimum Gasteiger partial charge on any atom is -0.475 e. The number of nitrogens with one attached hydrogen (secondary N) is 1. The molecule has 1 atom stereocenters. The van der Waals surface area contributed by atoms with E-state index in [1.54, 1.807) is 6.26 Å². The molecule has 7 nitrogen and oxygen atoms in total. The first kappa shape index (κ1) is 19.0. The van der Waals surface area contributed by atoms with Crippen molar-refractivity contribution >= 4 is 17.3 Å². The Balaban J connectivity index is 1.31. The van der Waals surface area contributed by atoms with Crippen LogP contribution < -0.4 is 5.32 Å². The number of nitrogens with zero attached hydrogens (tertiary/aromatic N) is 2. The average molecular weight is 407 g/mol. The summed E-state index contributed by atoms with van der Waals surface area (Å²) in [6.07, 6.45) is 4.55. The molecule has 0 amide bonds. The highest BCUT2D eigenvalue weighted by molar-refractivity contribution is 5.98. The Hall–Kier alpha value is -3.03. The molecular formula is C23H25N3O4. The van der Waals surface area contributed by atoms with Crippen molar-refractivity contribution in [2.45, 2.75) is 19.1 Å². The maximum absolute atomic E-state index is 5.92. The minimum absolute atomic E-state index is 0.0624. The standard InChI is InChI=1S/C23H25N3O4/c1-16-25-23(30-15-20-14-27-9-10-29-20)12-22-21-5-4-18(11-17(21)6-7-26(16)22)24-13-19-3-2-8-28-19/h2-5,8,11-12,20,24H,1,6-7,9-10,13-15H2. The third kappa shape index (κ3) is 3.99. The van der Waals surface area contributed by atoms with E-state index < -0.39 is 0 Å². The molecule has 0 spiro atoms. The zero-order valence-electron chi connectivity index (χ0n) is 16.8. The minimum atomic E-state index is -0.0624. The number of fused-ring (bicyclic) bond motifs is 3. The van der Waals surface area contributed by atoms with Crippen molar-refractivity contribution in [3.8, 4) is 0 Å². The van der Waals surface area contributed by atoms with Crippen molar-refractivity contribution in [3.05, 3.63) is 72.0 Å². The van der Waals surface area contributed by atoms with Gasteiger partial charge in [-0.3, -0.25) is 0 Å². The van der Waals surface area contributed by atoms with Crippen LogP contribution in [0.5, 0.6) is 0 Å². The highest BCUT2D eigenvalue weighted by Crippen LogP contribution is 2.35. The van der Waals surface area contributed by atoms with Gasteiger partial charge in [-0.25, -0.2) is 0 Å². The van der Waals surface area contributed by atoms with E-state index in [1.165, 1.54) is 11.1 Å². The van der Waals surface area contributed by atoms with Gasteiger partial charge in [0.25, 0.3) is 0 Å². The van der Waals surface area contributed by atoms with Crippen LogP contribution in [0.4, 0.5) is 5.69 Å². The SMILES string of the molecule is C=C1N=C(OCC2COCCO2)C=C2c3ccc(NCc4ccco4)cc3CCN12. The summed E-state index contributed by atoms with van der Waals surface area (Å²) in [5.41, 5.74) is 4.62. The molecule has 1 N–H and O–H groups in total. The fourth-order valence-electron chi connectivity index (χ4n) is 3.91. The van der Waals surface area contributed by atoms with Crippen molar-refractivity contribution in [2.75, 3.05) is 38.3 Å². The molecule has 3 aliphatic rings. The van der Waals surface area contributed by atoms with Crippen LogP contribution >= 0.6 is 0 Å². The van der Waals surface area contributed by atoms with E-state index >= 15 is 0 Å². The highest BCUT2D eigenvalue weighted by atomic mass is 16.6. The molecule has 0 bridgehead atoms. The Bertz CT molecular complexity index is 974. The molecule has 5 rings (SSSR count). The van der Waals surface area contributed by atoms with E-state index in [2.05, 4.69) is 40.0 Å². The molecule has 1 aromatic carbocycles. The van der Waals surface area contributed by atoms with E-state index in [-0.39, 0.29) is 6.10 Å². The van der Waals surface area contributed by atoms with Gasteiger partial charge in [-0.15, -0.1) is 0 Å². The van der Waals surface area contributed by atoms with Gasteiger partial charge in [0.05, 0.1) is 38.3 Å². The topological polar surface area (TPSA) is 68.5 Å². The molecule has 1 fully saturated rings. The molecule has 156 valence electrons. The first-order chi connectivity index (χ1) is 14.8. The number of ether oxygens (including phenoxy) is 3. The summed E-state index contributed by atoms with van der Waals surface area (Å²) in [7, 11) is 0. The van der Waals surface area contributed by atoms with Crippen molar-refractivity contribution < 1.29 is 18.6 Å². The lowest BCUT2D eigenvalue weighted by atomic mass is 9.95. The smallest absolute Gasteiger partial charge is 0.217 e. The number of hydrogen-bond donors (Lipinski definition) is 1. The summed E-state index contributed by atoms with van der Waals surface area (Å²) in [4.78, 5) is 6.67. The first-order valence-corrected chi connectivity index (χ1v) is 10.2. The van der Waals surface area contributed by atoms with Crippen molar-refractivity contribution in [3.63, 3.8) is 0 Å². The van der Waals surface area contributed by atoms with E-state index in [0.29, 0.717) is 44.7 Å².